The number of methoxy groups -OCH3 is 1. The summed E-state index contributed by atoms with van der Waals surface area (Å²) in [5.41, 5.74) is 0.939. The smallest absolute Gasteiger partial charge is 0.254 e. The Morgan fingerprint density at radius 1 is 1.43 bits per heavy atom. The third-order valence-corrected chi connectivity index (χ3v) is 4.13. The molecule has 5 heteroatoms. The highest BCUT2D eigenvalue weighted by Crippen LogP contribution is 2.29. The molecule has 1 aromatic heterocycles. The Kier molecular flexibility index (Phi) is 5.17. The maximum Gasteiger partial charge on any atom is 0.254 e. The van der Waals surface area contributed by atoms with Gasteiger partial charge < -0.3 is 14.6 Å². The molecule has 0 bridgehead atoms. The number of nitrogens with one attached hydrogen (secondary N) is 1. The van der Waals surface area contributed by atoms with Crippen LogP contribution >= 0.6 is 0 Å². The van der Waals surface area contributed by atoms with Gasteiger partial charge in [0.2, 0.25) is 5.56 Å². The number of aryl methyl sites for hydroxylation is 1. The first-order valence-corrected chi connectivity index (χ1v) is 7.52. The maximum absolute atomic E-state index is 12.8. The molecule has 0 aliphatic heterocycles. The van der Waals surface area contributed by atoms with E-state index in [4.69, 9.17) is 4.74 Å². The molecule has 0 spiro atoms. The van der Waals surface area contributed by atoms with Crippen molar-refractivity contribution in [2.24, 2.45) is 5.92 Å². The molecular formula is C16H24N2O3. The van der Waals surface area contributed by atoms with E-state index in [0.29, 0.717) is 30.3 Å². The van der Waals surface area contributed by atoms with Crippen molar-refractivity contribution < 1.29 is 9.53 Å². The van der Waals surface area contributed by atoms with Crippen LogP contribution in [-0.2, 0) is 4.74 Å². The first kappa shape index (κ1) is 15.8. The molecule has 1 aromatic rings. The van der Waals surface area contributed by atoms with Crippen molar-refractivity contribution in [3.63, 3.8) is 0 Å². The number of carbonyl (C=O) groups is 1. The van der Waals surface area contributed by atoms with Gasteiger partial charge in [0.25, 0.3) is 5.91 Å². The summed E-state index contributed by atoms with van der Waals surface area (Å²) < 4.78 is 5.13. The number of nitrogens with zero attached hydrogens (tertiary/aromatic N) is 1. The van der Waals surface area contributed by atoms with Gasteiger partial charge in [-0.2, -0.15) is 0 Å². The molecule has 2 atom stereocenters. The van der Waals surface area contributed by atoms with Crippen LogP contribution in [0.4, 0.5) is 0 Å². The van der Waals surface area contributed by atoms with Crippen LogP contribution in [0.15, 0.2) is 16.9 Å². The fourth-order valence-electron chi connectivity index (χ4n) is 3.07. The standard InChI is InChI=1S/C16H24N2O3/c1-11-4-5-14(8-11)18(6-7-21-3)16(20)13-9-12(2)17-15(19)10-13/h9-11,14H,4-8H2,1-3H3,(H,17,19). The van der Waals surface area contributed by atoms with Gasteiger partial charge in [0, 0.05) is 37.0 Å². The zero-order valence-electron chi connectivity index (χ0n) is 13.0. The van der Waals surface area contributed by atoms with Crippen LogP contribution in [0.1, 0.15) is 42.2 Å². The van der Waals surface area contributed by atoms with Gasteiger partial charge >= 0.3 is 0 Å². The second kappa shape index (κ2) is 6.89. The number of carbonyl (C=O) groups excluding carboxylic acids is 1. The summed E-state index contributed by atoms with van der Waals surface area (Å²) >= 11 is 0. The normalized spacial score (nSPS) is 21.5. The third kappa shape index (κ3) is 3.94. The zero-order valence-corrected chi connectivity index (χ0v) is 13.0. The molecule has 2 unspecified atom stereocenters. The first-order chi connectivity index (χ1) is 10.0. The van der Waals surface area contributed by atoms with Gasteiger partial charge in [-0.3, -0.25) is 9.59 Å². The predicted molar refractivity (Wildman–Crippen MR) is 81.5 cm³/mol. The van der Waals surface area contributed by atoms with Gasteiger partial charge in [-0.05, 0) is 38.2 Å². The number of hydrogen-bond donors (Lipinski definition) is 1. The number of hydrogen-bond acceptors (Lipinski definition) is 3. The monoisotopic (exact) mass is 292 g/mol. The minimum Gasteiger partial charge on any atom is -0.383 e. The number of ether oxygens (including phenoxy) is 1. The predicted octanol–water partition coefficient (Wildman–Crippen LogP) is 1.96. The van der Waals surface area contributed by atoms with Crippen molar-refractivity contribution in [2.45, 2.75) is 39.2 Å². The topological polar surface area (TPSA) is 62.4 Å². The largest absolute Gasteiger partial charge is 0.383 e. The Morgan fingerprint density at radius 2 is 2.19 bits per heavy atom. The molecule has 1 heterocycles. The lowest BCUT2D eigenvalue weighted by Crippen LogP contribution is -2.41. The fourth-order valence-corrected chi connectivity index (χ4v) is 3.07. The Labute approximate surface area is 125 Å². The minimum atomic E-state index is -0.232. The van der Waals surface area contributed by atoms with E-state index >= 15 is 0 Å². The molecule has 1 N–H and O–H groups in total. The van der Waals surface area contributed by atoms with Gasteiger partial charge in [0.15, 0.2) is 0 Å². The van der Waals surface area contributed by atoms with E-state index in [1.54, 1.807) is 20.1 Å². The fraction of sp³-hybridized carbons (Fsp3) is 0.625. The van der Waals surface area contributed by atoms with Crippen LogP contribution in [-0.4, -0.2) is 42.1 Å². The summed E-state index contributed by atoms with van der Waals surface area (Å²) in [7, 11) is 1.64. The number of amides is 1. The Hall–Kier alpha value is -1.62. The number of H-pyrrole nitrogens is 1. The molecule has 1 amide bonds. The highest BCUT2D eigenvalue weighted by molar-refractivity contribution is 5.94. The van der Waals surface area contributed by atoms with Crippen molar-refractivity contribution in [2.75, 3.05) is 20.3 Å². The Morgan fingerprint density at radius 3 is 2.76 bits per heavy atom. The van der Waals surface area contributed by atoms with Crippen LogP contribution < -0.4 is 5.56 Å². The molecule has 0 radical (unpaired) electrons. The van der Waals surface area contributed by atoms with E-state index in [1.807, 2.05) is 4.90 Å². The lowest BCUT2D eigenvalue weighted by atomic mass is 10.1. The van der Waals surface area contributed by atoms with Gasteiger partial charge in [0.1, 0.15) is 0 Å². The van der Waals surface area contributed by atoms with E-state index in [9.17, 15) is 9.59 Å². The highest BCUT2D eigenvalue weighted by Gasteiger charge is 2.30. The molecule has 2 rings (SSSR count). The van der Waals surface area contributed by atoms with Crippen LogP contribution in [0.2, 0.25) is 0 Å². The van der Waals surface area contributed by atoms with E-state index in [-0.39, 0.29) is 17.5 Å². The molecule has 0 aromatic carbocycles. The first-order valence-electron chi connectivity index (χ1n) is 7.52. The molecule has 1 fully saturated rings. The molecule has 0 saturated heterocycles. The van der Waals surface area contributed by atoms with Gasteiger partial charge in [0.05, 0.1) is 6.61 Å². The number of aromatic amines is 1. The Bertz CT molecular complexity index is 553. The quantitative estimate of drug-likeness (QED) is 0.902. The highest BCUT2D eigenvalue weighted by atomic mass is 16.5. The number of aromatic nitrogens is 1. The van der Waals surface area contributed by atoms with E-state index in [0.717, 1.165) is 19.3 Å². The summed E-state index contributed by atoms with van der Waals surface area (Å²) in [4.78, 5) is 28.9. The van der Waals surface area contributed by atoms with Crippen LogP contribution in [0.3, 0.4) is 0 Å². The van der Waals surface area contributed by atoms with Gasteiger partial charge in [-0.1, -0.05) is 6.92 Å². The lowest BCUT2D eigenvalue weighted by molar-refractivity contribution is 0.0602. The average molecular weight is 292 g/mol. The molecule has 5 nitrogen and oxygen atoms in total. The molecule has 1 aliphatic rings. The summed E-state index contributed by atoms with van der Waals surface area (Å²) in [6.45, 7) is 5.09. The van der Waals surface area contributed by atoms with Crippen molar-refractivity contribution in [1.29, 1.82) is 0 Å². The SMILES string of the molecule is COCCN(C(=O)c1cc(C)[nH]c(=O)c1)C1CCC(C)C1. The molecule has 21 heavy (non-hydrogen) atoms. The molecule has 1 aliphatic carbocycles. The van der Waals surface area contributed by atoms with Crippen LogP contribution in [0, 0.1) is 12.8 Å². The Balaban J connectivity index is 2.22. The number of pyridine rings is 1. The van der Waals surface area contributed by atoms with Crippen molar-refractivity contribution in [1.82, 2.24) is 9.88 Å². The van der Waals surface area contributed by atoms with Crippen molar-refractivity contribution in [3.05, 3.63) is 33.7 Å². The zero-order chi connectivity index (χ0) is 15.4. The number of rotatable bonds is 5. The lowest BCUT2D eigenvalue weighted by Gasteiger charge is -2.29. The summed E-state index contributed by atoms with van der Waals surface area (Å²) in [5.74, 6) is 0.578. The minimum absolute atomic E-state index is 0.0691. The maximum atomic E-state index is 12.8. The van der Waals surface area contributed by atoms with Gasteiger partial charge in [-0.25, -0.2) is 0 Å². The molecular weight excluding hydrogens is 268 g/mol. The molecule has 1 saturated carbocycles. The van der Waals surface area contributed by atoms with E-state index in [1.165, 1.54) is 6.07 Å². The second-order valence-corrected chi connectivity index (χ2v) is 5.98. The van der Waals surface area contributed by atoms with E-state index in [2.05, 4.69) is 11.9 Å². The van der Waals surface area contributed by atoms with Crippen LogP contribution in [0.5, 0.6) is 0 Å². The van der Waals surface area contributed by atoms with E-state index < -0.39 is 0 Å². The van der Waals surface area contributed by atoms with Crippen molar-refractivity contribution >= 4 is 5.91 Å². The van der Waals surface area contributed by atoms with Gasteiger partial charge in [-0.15, -0.1) is 0 Å². The summed E-state index contributed by atoms with van der Waals surface area (Å²) in [6.07, 6.45) is 3.20. The van der Waals surface area contributed by atoms with Crippen LogP contribution in [0.25, 0.3) is 0 Å². The molecule has 116 valence electrons. The summed E-state index contributed by atoms with van der Waals surface area (Å²) in [6, 6.07) is 3.37. The average Bonchev–Trinajstić information content (AvgIpc) is 2.84. The summed E-state index contributed by atoms with van der Waals surface area (Å²) in [5, 5.41) is 0. The third-order valence-electron chi connectivity index (χ3n) is 4.13. The van der Waals surface area contributed by atoms with Crippen molar-refractivity contribution in [3.8, 4) is 0 Å². The second-order valence-electron chi connectivity index (χ2n) is 5.98.